The molecule has 0 radical (unpaired) electrons. The molecule has 0 atom stereocenters. The Morgan fingerprint density at radius 1 is 0.281 bits per heavy atom. The van der Waals surface area contributed by atoms with Gasteiger partial charge in [0.1, 0.15) is 0 Å². The third-order valence-electron chi connectivity index (χ3n) is 10.8. The molecular weight excluding hydrogens is 687 g/mol. The standard InChI is InChI=1S/C56H39N/c1-3-11-40(12-4-1)43-25-32-51(33-26-43)57(52-34-27-44(28-35-52)42-19-21-45(22-20-42)50-24-23-41-13-7-8-17-49(41)39-50)53-36-29-48(30-37-53)56-54-18-10-9-16-47(54)31-38-55(56)46-14-5-2-6-15-46/h1-39H/i27D,28D,34D,35D. The normalized spacial score (nSPS) is 12.1. The number of benzene rings is 10. The van der Waals surface area contributed by atoms with Crippen LogP contribution < -0.4 is 4.90 Å². The topological polar surface area (TPSA) is 3.24 Å². The first kappa shape index (κ1) is 29.8. The molecule has 57 heavy (non-hydrogen) atoms. The molecule has 0 fully saturated rings. The summed E-state index contributed by atoms with van der Waals surface area (Å²) < 4.78 is 37.9. The summed E-state index contributed by atoms with van der Waals surface area (Å²) in [5, 5.41) is 4.61. The van der Waals surface area contributed by atoms with Crippen molar-refractivity contribution < 1.29 is 5.48 Å². The van der Waals surface area contributed by atoms with Gasteiger partial charge in [-0.15, -0.1) is 0 Å². The Morgan fingerprint density at radius 2 is 0.737 bits per heavy atom. The van der Waals surface area contributed by atoms with Crippen LogP contribution in [-0.4, -0.2) is 0 Å². The SMILES string of the molecule is [2H]c1c([2H])c(N(c2ccc(-c3ccccc3)cc2)c2ccc(-c3c(-c4ccccc4)ccc4ccccc34)cc2)c([2H])c([2H])c1-c1ccc(-c2ccc3ccccc3c2)cc1. The third-order valence-corrected chi connectivity index (χ3v) is 10.8. The molecule has 0 aliphatic carbocycles. The fourth-order valence-corrected chi connectivity index (χ4v) is 7.82. The zero-order valence-electron chi connectivity index (χ0n) is 35.2. The second-order valence-corrected chi connectivity index (χ2v) is 14.2. The van der Waals surface area contributed by atoms with Gasteiger partial charge >= 0.3 is 0 Å². The lowest BCUT2D eigenvalue weighted by atomic mass is 9.89. The Hall–Kier alpha value is -7.48. The summed E-state index contributed by atoms with van der Waals surface area (Å²) in [6.45, 7) is 0. The molecule has 0 spiro atoms. The molecule has 1 nitrogen and oxygen atoms in total. The molecule has 0 saturated heterocycles. The Labute approximate surface area is 340 Å². The van der Waals surface area contributed by atoms with Crippen LogP contribution in [-0.2, 0) is 0 Å². The summed E-state index contributed by atoms with van der Waals surface area (Å²) in [7, 11) is 0. The third kappa shape index (κ3) is 6.77. The first-order chi connectivity index (χ1) is 29.9. The van der Waals surface area contributed by atoms with E-state index in [1.807, 2.05) is 102 Å². The Balaban J connectivity index is 1.09. The van der Waals surface area contributed by atoms with Crippen molar-refractivity contribution in [1.82, 2.24) is 0 Å². The first-order valence-corrected chi connectivity index (χ1v) is 19.3. The van der Waals surface area contributed by atoms with E-state index >= 15 is 0 Å². The maximum absolute atomic E-state index is 9.54. The quantitative estimate of drug-likeness (QED) is 0.151. The van der Waals surface area contributed by atoms with E-state index in [1.165, 1.54) is 5.39 Å². The summed E-state index contributed by atoms with van der Waals surface area (Å²) >= 11 is 0. The molecule has 0 aromatic heterocycles. The van der Waals surface area contributed by atoms with Crippen molar-refractivity contribution in [3.63, 3.8) is 0 Å². The van der Waals surface area contributed by atoms with Crippen LogP contribution in [0.1, 0.15) is 5.48 Å². The number of fused-ring (bicyclic) bond motifs is 2. The lowest BCUT2D eigenvalue weighted by molar-refractivity contribution is 1.28. The van der Waals surface area contributed by atoms with Crippen LogP contribution in [0, 0.1) is 0 Å². The van der Waals surface area contributed by atoms with Crippen LogP contribution in [0.25, 0.3) is 77.2 Å². The second kappa shape index (κ2) is 15.0. The highest BCUT2D eigenvalue weighted by Crippen LogP contribution is 2.41. The Kier molecular flexibility index (Phi) is 7.84. The van der Waals surface area contributed by atoms with Crippen LogP contribution in [0.3, 0.4) is 0 Å². The average molecular weight is 730 g/mol. The van der Waals surface area contributed by atoms with E-state index in [0.717, 1.165) is 66.4 Å². The molecular formula is C56H39N. The summed E-state index contributed by atoms with van der Waals surface area (Å²) in [6.07, 6.45) is 0. The van der Waals surface area contributed by atoms with E-state index in [9.17, 15) is 5.48 Å². The van der Waals surface area contributed by atoms with Gasteiger partial charge in [0.25, 0.3) is 0 Å². The maximum Gasteiger partial charge on any atom is 0.0645 e. The number of anilines is 3. The molecule has 0 aliphatic heterocycles. The minimum Gasteiger partial charge on any atom is -0.311 e. The number of hydrogen-bond acceptors (Lipinski definition) is 1. The number of nitrogens with zero attached hydrogens (tertiary/aromatic N) is 1. The van der Waals surface area contributed by atoms with E-state index in [1.54, 1.807) is 0 Å². The van der Waals surface area contributed by atoms with Gasteiger partial charge in [-0.05, 0) is 120 Å². The zero-order chi connectivity index (χ0) is 41.5. The summed E-state index contributed by atoms with van der Waals surface area (Å²) in [5.74, 6) is 0. The van der Waals surface area contributed by atoms with Crippen molar-refractivity contribution in [3.05, 3.63) is 236 Å². The summed E-state index contributed by atoms with van der Waals surface area (Å²) in [5.41, 5.74) is 11.1. The average Bonchev–Trinajstić information content (AvgIpc) is 3.33. The molecule has 0 bridgehead atoms. The van der Waals surface area contributed by atoms with Crippen LogP contribution in [0.5, 0.6) is 0 Å². The van der Waals surface area contributed by atoms with Crippen molar-refractivity contribution in [3.8, 4) is 55.6 Å². The Morgan fingerprint density at radius 3 is 1.40 bits per heavy atom. The predicted molar refractivity (Wildman–Crippen MR) is 243 cm³/mol. The van der Waals surface area contributed by atoms with Gasteiger partial charge in [-0.1, -0.05) is 194 Å². The minimum atomic E-state index is -0.119. The number of hydrogen-bond donors (Lipinski definition) is 0. The van der Waals surface area contributed by atoms with E-state index in [4.69, 9.17) is 0 Å². The molecule has 10 aromatic rings. The molecule has 1 heteroatoms. The van der Waals surface area contributed by atoms with Crippen LogP contribution >= 0.6 is 0 Å². The predicted octanol–water partition coefficient (Wildman–Crippen LogP) is 15.8. The van der Waals surface area contributed by atoms with E-state index in [-0.39, 0.29) is 35.4 Å². The molecule has 0 unspecified atom stereocenters. The molecule has 0 N–H and O–H groups in total. The lowest BCUT2D eigenvalue weighted by Gasteiger charge is -2.26. The van der Waals surface area contributed by atoms with Gasteiger partial charge in [0.05, 0.1) is 5.48 Å². The molecule has 10 rings (SSSR count). The van der Waals surface area contributed by atoms with Crippen molar-refractivity contribution >= 4 is 38.6 Å². The van der Waals surface area contributed by atoms with Crippen LogP contribution in [0.2, 0.25) is 0 Å². The van der Waals surface area contributed by atoms with Gasteiger partial charge < -0.3 is 4.90 Å². The highest BCUT2D eigenvalue weighted by Gasteiger charge is 2.16. The molecule has 0 saturated carbocycles. The van der Waals surface area contributed by atoms with Crippen LogP contribution in [0.15, 0.2) is 236 Å². The summed E-state index contributed by atoms with van der Waals surface area (Å²) in [4.78, 5) is 1.85. The fourth-order valence-electron chi connectivity index (χ4n) is 7.82. The van der Waals surface area contributed by atoms with Gasteiger partial charge in [0, 0.05) is 17.1 Å². The monoisotopic (exact) mass is 729 g/mol. The van der Waals surface area contributed by atoms with Gasteiger partial charge in [-0.3, -0.25) is 0 Å². The molecule has 0 heterocycles. The zero-order valence-corrected chi connectivity index (χ0v) is 31.2. The first-order valence-electron chi connectivity index (χ1n) is 21.3. The fraction of sp³-hybridized carbons (Fsp3) is 0. The molecule has 268 valence electrons. The van der Waals surface area contributed by atoms with Gasteiger partial charge in [0.15, 0.2) is 0 Å². The largest absolute Gasteiger partial charge is 0.311 e. The number of rotatable bonds is 8. The summed E-state index contributed by atoms with van der Waals surface area (Å²) in [6, 6.07) is 71.6. The van der Waals surface area contributed by atoms with E-state index in [0.29, 0.717) is 11.3 Å². The van der Waals surface area contributed by atoms with Gasteiger partial charge in [0.2, 0.25) is 0 Å². The highest BCUT2D eigenvalue weighted by molar-refractivity contribution is 6.04. The van der Waals surface area contributed by atoms with Crippen molar-refractivity contribution in [2.75, 3.05) is 4.90 Å². The smallest absolute Gasteiger partial charge is 0.0645 e. The van der Waals surface area contributed by atoms with Crippen molar-refractivity contribution in [2.24, 2.45) is 0 Å². The molecule has 10 aromatic carbocycles. The molecule has 0 aliphatic rings. The van der Waals surface area contributed by atoms with E-state index in [2.05, 4.69) is 115 Å². The van der Waals surface area contributed by atoms with E-state index < -0.39 is 0 Å². The van der Waals surface area contributed by atoms with Crippen molar-refractivity contribution in [2.45, 2.75) is 0 Å². The lowest BCUT2D eigenvalue weighted by Crippen LogP contribution is -2.09. The van der Waals surface area contributed by atoms with Gasteiger partial charge in [-0.2, -0.15) is 0 Å². The van der Waals surface area contributed by atoms with Crippen molar-refractivity contribution in [1.29, 1.82) is 0 Å². The maximum atomic E-state index is 9.54. The highest BCUT2D eigenvalue weighted by atomic mass is 15.1. The van der Waals surface area contributed by atoms with Gasteiger partial charge in [-0.25, -0.2) is 0 Å². The van der Waals surface area contributed by atoms with Crippen LogP contribution in [0.4, 0.5) is 17.1 Å². The minimum absolute atomic E-state index is 0.0970. The molecule has 0 amide bonds. The Bertz CT molecular complexity index is 3170. The second-order valence-electron chi connectivity index (χ2n) is 14.2.